The number of rotatable bonds is 3. The molecule has 0 spiro atoms. The van der Waals surface area contributed by atoms with E-state index >= 15 is 0 Å². The van der Waals surface area contributed by atoms with Crippen molar-refractivity contribution < 1.29 is 8.42 Å². The maximum absolute atomic E-state index is 12.4. The molecule has 0 saturated heterocycles. The van der Waals surface area contributed by atoms with E-state index in [1.54, 1.807) is 49.4 Å². The predicted molar refractivity (Wildman–Crippen MR) is 77.6 cm³/mol. The molecule has 0 amide bonds. The van der Waals surface area contributed by atoms with Crippen molar-refractivity contribution in [1.82, 2.24) is 0 Å². The molecular weight excluding hydrogens is 272 g/mol. The lowest BCUT2D eigenvalue weighted by molar-refractivity contribution is 0.594. The van der Waals surface area contributed by atoms with Crippen LogP contribution in [0.5, 0.6) is 0 Å². The summed E-state index contributed by atoms with van der Waals surface area (Å²) < 4.78 is 24.9. The van der Waals surface area contributed by atoms with E-state index in [2.05, 4.69) is 0 Å². The number of hydrogen-bond donors (Lipinski definition) is 1. The number of anilines is 1. The summed E-state index contributed by atoms with van der Waals surface area (Å²) in [6.45, 7) is 1.69. The fourth-order valence-electron chi connectivity index (χ4n) is 2.00. The molecule has 2 N–H and O–H groups in total. The fraction of sp³-hybridized carbons (Fsp3) is 0.133. The molecule has 2 aromatic rings. The third kappa shape index (κ3) is 2.81. The summed E-state index contributed by atoms with van der Waals surface area (Å²) in [5, 5.41) is 8.84. The van der Waals surface area contributed by atoms with Gasteiger partial charge in [-0.2, -0.15) is 5.26 Å². The SMILES string of the molecule is Cc1c(N)cccc1S(=O)(=O)Cc1cccc(C#N)c1. The Morgan fingerprint density at radius 3 is 2.60 bits per heavy atom. The molecule has 2 rings (SSSR count). The number of hydrogen-bond acceptors (Lipinski definition) is 4. The smallest absolute Gasteiger partial charge is 0.182 e. The van der Waals surface area contributed by atoms with Crippen LogP contribution in [0.1, 0.15) is 16.7 Å². The molecule has 0 heterocycles. The molecular formula is C15H14N2O2S. The third-order valence-electron chi connectivity index (χ3n) is 3.07. The number of sulfone groups is 1. The van der Waals surface area contributed by atoms with Crippen molar-refractivity contribution in [3.63, 3.8) is 0 Å². The van der Waals surface area contributed by atoms with Crippen LogP contribution in [0.3, 0.4) is 0 Å². The second kappa shape index (κ2) is 5.35. The molecule has 0 aliphatic heterocycles. The standard InChI is InChI=1S/C15H14N2O2S/c1-11-14(17)6-3-7-15(11)20(18,19)10-13-5-2-4-12(8-13)9-16/h2-8H,10,17H2,1H3. The first-order valence-corrected chi connectivity index (χ1v) is 7.66. The highest BCUT2D eigenvalue weighted by molar-refractivity contribution is 7.90. The normalized spacial score (nSPS) is 11.0. The van der Waals surface area contributed by atoms with Crippen LogP contribution in [-0.2, 0) is 15.6 Å². The number of nitrogens with two attached hydrogens (primary N) is 1. The topological polar surface area (TPSA) is 84.0 Å². The largest absolute Gasteiger partial charge is 0.398 e. The monoisotopic (exact) mass is 286 g/mol. The molecule has 5 heteroatoms. The molecule has 0 aliphatic rings. The fourth-order valence-corrected chi connectivity index (χ4v) is 3.64. The average Bonchev–Trinajstić information content (AvgIpc) is 2.41. The van der Waals surface area contributed by atoms with E-state index in [1.165, 1.54) is 0 Å². The second-order valence-corrected chi connectivity index (χ2v) is 6.50. The Kier molecular flexibility index (Phi) is 3.77. The first-order chi connectivity index (χ1) is 9.44. The van der Waals surface area contributed by atoms with E-state index in [4.69, 9.17) is 11.0 Å². The highest BCUT2D eigenvalue weighted by Gasteiger charge is 2.18. The van der Waals surface area contributed by atoms with Gasteiger partial charge in [0.15, 0.2) is 9.84 Å². The minimum Gasteiger partial charge on any atom is -0.398 e. The first kappa shape index (κ1) is 14.1. The summed E-state index contributed by atoms with van der Waals surface area (Å²) in [6.07, 6.45) is 0. The van der Waals surface area contributed by atoms with Crippen LogP contribution in [0.25, 0.3) is 0 Å². The van der Waals surface area contributed by atoms with Gasteiger partial charge in [-0.3, -0.25) is 0 Å². The maximum Gasteiger partial charge on any atom is 0.182 e. The lowest BCUT2D eigenvalue weighted by Crippen LogP contribution is -2.08. The van der Waals surface area contributed by atoms with Crippen molar-refractivity contribution in [3.05, 3.63) is 59.2 Å². The summed E-state index contributed by atoms with van der Waals surface area (Å²) in [6, 6.07) is 13.4. The first-order valence-electron chi connectivity index (χ1n) is 6.01. The molecule has 0 fully saturated rings. The van der Waals surface area contributed by atoms with Crippen molar-refractivity contribution >= 4 is 15.5 Å². The van der Waals surface area contributed by atoms with Gasteiger partial charge in [0.05, 0.1) is 22.3 Å². The van der Waals surface area contributed by atoms with Crippen LogP contribution in [-0.4, -0.2) is 8.42 Å². The van der Waals surface area contributed by atoms with Gasteiger partial charge in [-0.05, 0) is 42.3 Å². The molecule has 0 aliphatic carbocycles. The molecule has 0 unspecified atom stereocenters. The van der Waals surface area contributed by atoms with Crippen molar-refractivity contribution in [3.8, 4) is 6.07 Å². The molecule has 2 aromatic carbocycles. The van der Waals surface area contributed by atoms with E-state index in [0.717, 1.165) is 0 Å². The zero-order valence-electron chi connectivity index (χ0n) is 11.0. The lowest BCUT2D eigenvalue weighted by Gasteiger charge is -2.09. The number of nitriles is 1. The van der Waals surface area contributed by atoms with Crippen LogP contribution >= 0.6 is 0 Å². The van der Waals surface area contributed by atoms with Gasteiger partial charge in [0.1, 0.15) is 0 Å². The van der Waals surface area contributed by atoms with Crippen molar-refractivity contribution in [2.45, 2.75) is 17.6 Å². The third-order valence-corrected chi connectivity index (χ3v) is 4.90. The lowest BCUT2D eigenvalue weighted by atomic mass is 10.2. The van der Waals surface area contributed by atoms with Crippen molar-refractivity contribution in [2.75, 3.05) is 5.73 Å². The summed E-state index contributed by atoms with van der Waals surface area (Å²) in [7, 11) is -3.48. The summed E-state index contributed by atoms with van der Waals surface area (Å²) >= 11 is 0. The molecule has 0 aromatic heterocycles. The quantitative estimate of drug-likeness (QED) is 0.878. The second-order valence-electron chi connectivity index (χ2n) is 4.54. The van der Waals surface area contributed by atoms with Gasteiger partial charge in [0, 0.05) is 5.69 Å². The Balaban J connectivity index is 2.41. The predicted octanol–water partition coefficient (Wildman–Crippen LogP) is 2.42. The molecule has 20 heavy (non-hydrogen) atoms. The van der Waals surface area contributed by atoms with Crippen molar-refractivity contribution in [1.29, 1.82) is 5.26 Å². The van der Waals surface area contributed by atoms with Gasteiger partial charge in [-0.25, -0.2) is 8.42 Å². The Hall–Kier alpha value is -2.32. The highest BCUT2D eigenvalue weighted by Crippen LogP contribution is 2.24. The molecule has 0 saturated carbocycles. The van der Waals surface area contributed by atoms with Gasteiger partial charge < -0.3 is 5.73 Å². The molecule has 4 nitrogen and oxygen atoms in total. The van der Waals surface area contributed by atoms with E-state index < -0.39 is 9.84 Å². The van der Waals surface area contributed by atoms with Gasteiger partial charge in [-0.15, -0.1) is 0 Å². The van der Waals surface area contributed by atoms with Crippen LogP contribution < -0.4 is 5.73 Å². The van der Waals surface area contributed by atoms with Crippen LogP contribution in [0.4, 0.5) is 5.69 Å². The van der Waals surface area contributed by atoms with Crippen molar-refractivity contribution in [2.24, 2.45) is 0 Å². The van der Waals surface area contributed by atoms with Crippen LogP contribution in [0.2, 0.25) is 0 Å². The summed E-state index contributed by atoms with van der Waals surface area (Å²) in [5.74, 6) is -0.146. The molecule has 102 valence electrons. The number of benzene rings is 2. The maximum atomic E-state index is 12.4. The van der Waals surface area contributed by atoms with E-state index in [0.29, 0.717) is 22.4 Å². The average molecular weight is 286 g/mol. The number of nitrogens with zero attached hydrogens (tertiary/aromatic N) is 1. The zero-order chi connectivity index (χ0) is 14.8. The Labute approximate surface area is 118 Å². The van der Waals surface area contributed by atoms with Gasteiger partial charge in [0.2, 0.25) is 0 Å². The molecule has 0 radical (unpaired) electrons. The van der Waals surface area contributed by atoms with Gasteiger partial charge in [-0.1, -0.05) is 18.2 Å². The highest BCUT2D eigenvalue weighted by atomic mass is 32.2. The minimum absolute atomic E-state index is 0.146. The van der Waals surface area contributed by atoms with E-state index in [1.807, 2.05) is 6.07 Å². The minimum atomic E-state index is -3.48. The summed E-state index contributed by atoms with van der Waals surface area (Å²) in [4.78, 5) is 0.236. The Morgan fingerprint density at radius 2 is 1.90 bits per heavy atom. The Bertz CT molecular complexity index is 790. The molecule has 0 atom stereocenters. The van der Waals surface area contributed by atoms with Gasteiger partial charge in [0.25, 0.3) is 0 Å². The zero-order valence-corrected chi connectivity index (χ0v) is 11.8. The van der Waals surface area contributed by atoms with E-state index in [9.17, 15) is 8.42 Å². The van der Waals surface area contributed by atoms with E-state index in [-0.39, 0.29) is 10.6 Å². The van der Waals surface area contributed by atoms with Crippen LogP contribution in [0, 0.1) is 18.3 Å². The van der Waals surface area contributed by atoms with Crippen LogP contribution in [0.15, 0.2) is 47.4 Å². The van der Waals surface area contributed by atoms with Gasteiger partial charge >= 0.3 is 0 Å². The molecule has 0 bridgehead atoms. The Morgan fingerprint density at radius 1 is 1.20 bits per heavy atom. The number of nitrogen functional groups attached to an aromatic ring is 1. The summed E-state index contributed by atoms with van der Waals surface area (Å²) in [5.41, 5.74) is 7.80.